The van der Waals surface area contributed by atoms with E-state index in [0.717, 1.165) is 12.8 Å². The van der Waals surface area contributed by atoms with Gasteiger partial charge in [0.2, 0.25) is 5.91 Å². The van der Waals surface area contributed by atoms with Crippen LogP contribution in [0.1, 0.15) is 39.5 Å². The lowest BCUT2D eigenvalue weighted by atomic mass is 9.78. The third-order valence-corrected chi connectivity index (χ3v) is 2.83. The molecule has 76 valence electrons. The number of nitrogens with one attached hydrogen (secondary N) is 1. The van der Waals surface area contributed by atoms with Crippen LogP contribution in [-0.2, 0) is 4.79 Å². The molecule has 1 amide bonds. The summed E-state index contributed by atoms with van der Waals surface area (Å²) in [6.07, 6.45) is 4.04. The topological polar surface area (TPSA) is 55.1 Å². The minimum atomic E-state index is 0.0887. The van der Waals surface area contributed by atoms with Gasteiger partial charge in [0.15, 0.2) is 0 Å². The summed E-state index contributed by atoms with van der Waals surface area (Å²) in [5, 5.41) is 3.06. The van der Waals surface area contributed by atoms with Gasteiger partial charge >= 0.3 is 0 Å². The van der Waals surface area contributed by atoms with Crippen LogP contribution in [0.15, 0.2) is 0 Å². The Morgan fingerprint density at radius 1 is 1.62 bits per heavy atom. The normalized spacial score (nSPS) is 21.8. The maximum atomic E-state index is 11.5. The summed E-state index contributed by atoms with van der Waals surface area (Å²) in [6, 6.07) is 0. The number of rotatable bonds is 4. The fraction of sp³-hybridized carbons (Fsp3) is 0.900. The van der Waals surface area contributed by atoms with E-state index in [2.05, 4.69) is 12.2 Å². The lowest BCUT2D eigenvalue weighted by molar-refractivity contribution is -0.124. The maximum absolute atomic E-state index is 11.5. The van der Waals surface area contributed by atoms with Gasteiger partial charge in [-0.15, -0.1) is 0 Å². The largest absolute Gasteiger partial charge is 0.351 e. The summed E-state index contributed by atoms with van der Waals surface area (Å²) >= 11 is 0. The fourth-order valence-electron chi connectivity index (χ4n) is 1.62. The molecular formula is C10H20N2O. The number of nitrogens with two attached hydrogens (primary N) is 1. The second-order valence-corrected chi connectivity index (χ2v) is 4.51. The van der Waals surface area contributed by atoms with Gasteiger partial charge in [0.1, 0.15) is 0 Å². The summed E-state index contributed by atoms with van der Waals surface area (Å²) < 4.78 is 0. The van der Waals surface area contributed by atoms with Crippen molar-refractivity contribution in [2.45, 2.75) is 45.1 Å². The Labute approximate surface area is 80.1 Å². The van der Waals surface area contributed by atoms with Crippen LogP contribution in [0.3, 0.4) is 0 Å². The number of hydrogen-bond acceptors (Lipinski definition) is 2. The first-order chi connectivity index (χ1) is 6.06. The standard InChI is InChI=1S/C10H20N2O/c1-8(7-11)6-9(13)12-10(2)4-3-5-10/h8H,3-7,11H2,1-2H3,(H,12,13). The zero-order chi connectivity index (χ0) is 9.90. The lowest BCUT2D eigenvalue weighted by Crippen LogP contribution is -2.51. The molecule has 1 aliphatic carbocycles. The average Bonchev–Trinajstić information content (AvgIpc) is 2.01. The predicted octanol–water partition coefficient (Wildman–Crippen LogP) is 1.03. The first kappa shape index (κ1) is 10.5. The highest BCUT2D eigenvalue weighted by Crippen LogP contribution is 2.30. The third kappa shape index (κ3) is 2.99. The molecule has 1 fully saturated rings. The van der Waals surface area contributed by atoms with Crippen molar-refractivity contribution < 1.29 is 4.79 Å². The van der Waals surface area contributed by atoms with E-state index in [1.54, 1.807) is 0 Å². The van der Waals surface area contributed by atoms with E-state index in [1.807, 2.05) is 6.92 Å². The number of amides is 1. The fourth-order valence-corrected chi connectivity index (χ4v) is 1.62. The molecule has 0 aromatic heterocycles. The Morgan fingerprint density at radius 3 is 2.62 bits per heavy atom. The van der Waals surface area contributed by atoms with E-state index in [1.165, 1.54) is 6.42 Å². The minimum Gasteiger partial charge on any atom is -0.351 e. The van der Waals surface area contributed by atoms with Crippen LogP contribution < -0.4 is 11.1 Å². The van der Waals surface area contributed by atoms with Gasteiger partial charge in [-0.2, -0.15) is 0 Å². The van der Waals surface area contributed by atoms with E-state index in [9.17, 15) is 4.79 Å². The molecule has 3 heteroatoms. The van der Waals surface area contributed by atoms with Gasteiger partial charge < -0.3 is 11.1 Å². The molecular weight excluding hydrogens is 164 g/mol. The van der Waals surface area contributed by atoms with Gasteiger partial charge in [0.25, 0.3) is 0 Å². The van der Waals surface area contributed by atoms with Crippen molar-refractivity contribution >= 4 is 5.91 Å². The monoisotopic (exact) mass is 184 g/mol. The van der Waals surface area contributed by atoms with Gasteiger partial charge in [-0.3, -0.25) is 4.79 Å². The second-order valence-electron chi connectivity index (χ2n) is 4.51. The summed E-state index contributed by atoms with van der Waals surface area (Å²) in [6.45, 7) is 4.70. The van der Waals surface area contributed by atoms with Crippen LogP contribution in [0.5, 0.6) is 0 Å². The van der Waals surface area contributed by atoms with E-state index in [-0.39, 0.29) is 11.4 Å². The van der Waals surface area contributed by atoms with E-state index >= 15 is 0 Å². The zero-order valence-corrected chi connectivity index (χ0v) is 8.60. The highest BCUT2D eigenvalue weighted by atomic mass is 16.1. The van der Waals surface area contributed by atoms with E-state index in [4.69, 9.17) is 5.73 Å². The Hall–Kier alpha value is -0.570. The van der Waals surface area contributed by atoms with Gasteiger partial charge in [-0.05, 0) is 38.6 Å². The van der Waals surface area contributed by atoms with Gasteiger partial charge in [-0.25, -0.2) is 0 Å². The minimum absolute atomic E-state index is 0.0887. The van der Waals surface area contributed by atoms with Crippen molar-refractivity contribution in [1.29, 1.82) is 0 Å². The lowest BCUT2D eigenvalue weighted by Gasteiger charge is -2.39. The van der Waals surface area contributed by atoms with E-state index < -0.39 is 0 Å². The number of carbonyl (C=O) groups is 1. The Bertz CT molecular complexity index is 187. The zero-order valence-electron chi connectivity index (χ0n) is 8.60. The van der Waals surface area contributed by atoms with Crippen LogP contribution in [0.2, 0.25) is 0 Å². The van der Waals surface area contributed by atoms with Crippen molar-refractivity contribution in [3.05, 3.63) is 0 Å². The Kier molecular flexibility index (Phi) is 3.31. The molecule has 0 aliphatic heterocycles. The molecule has 0 radical (unpaired) electrons. The van der Waals surface area contributed by atoms with Gasteiger partial charge in [0.05, 0.1) is 0 Å². The molecule has 3 nitrogen and oxygen atoms in total. The molecule has 13 heavy (non-hydrogen) atoms. The summed E-state index contributed by atoms with van der Waals surface area (Å²) in [7, 11) is 0. The highest BCUT2D eigenvalue weighted by Gasteiger charge is 2.32. The smallest absolute Gasteiger partial charge is 0.220 e. The predicted molar refractivity (Wildman–Crippen MR) is 53.2 cm³/mol. The molecule has 0 saturated heterocycles. The molecule has 0 bridgehead atoms. The highest BCUT2D eigenvalue weighted by molar-refractivity contribution is 5.77. The van der Waals surface area contributed by atoms with Crippen molar-refractivity contribution in [2.24, 2.45) is 11.7 Å². The molecule has 1 saturated carbocycles. The molecule has 1 unspecified atom stereocenters. The molecule has 1 aliphatic rings. The molecule has 0 aromatic carbocycles. The van der Waals surface area contributed by atoms with Crippen LogP contribution in [0, 0.1) is 5.92 Å². The average molecular weight is 184 g/mol. The number of hydrogen-bond donors (Lipinski definition) is 2. The molecule has 3 N–H and O–H groups in total. The quantitative estimate of drug-likeness (QED) is 0.685. The van der Waals surface area contributed by atoms with Crippen LogP contribution in [-0.4, -0.2) is 18.0 Å². The van der Waals surface area contributed by atoms with Crippen LogP contribution >= 0.6 is 0 Å². The maximum Gasteiger partial charge on any atom is 0.220 e. The molecule has 1 atom stereocenters. The van der Waals surface area contributed by atoms with Crippen molar-refractivity contribution in [1.82, 2.24) is 5.32 Å². The Morgan fingerprint density at radius 2 is 2.23 bits per heavy atom. The van der Waals surface area contributed by atoms with Gasteiger partial charge in [-0.1, -0.05) is 6.92 Å². The SMILES string of the molecule is CC(CN)CC(=O)NC1(C)CCC1. The van der Waals surface area contributed by atoms with Crippen LogP contribution in [0.4, 0.5) is 0 Å². The Balaban J connectivity index is 2.24. The first-order valence-electron chi connectivity index (χ1n) is 5.07. The first-order valence-corrected chi connectivity index (χ1v) is 5.07. The molecule has 1 rings (SSSR count). The molecule has 0 heterocycles. The molecule has 0 aromatic rings. The van der Waals surface area contributed by atoms with E-state index in [0.29, 0.717) is 18.9 Å². The van der Waals surface area contributed by atoms with Crippen molar-refractivity contribution in [3.63, 3.8) is 0 Å². The summed E-state index contributed by atoms with van der Waals surface area (Å²) in [4.78, 5) is 11.5. The third-order valence-electron chi connectivity index (χ3n) is 2.83. The number of carbonyl (C=O) groups excluding carboxylic acids is 1. The second kappa shape index (κ2) is 4.09. The summed E-state index contributed by atoms with van der Waals surface area (Å²) in [5.41, 5.74) is 5.54. The van der Waals surface area contributed by atoms with Gasteiger partial charge in [0, 0.05) is 12.0 Å². The molecule has 0 spiro atoms. The van der Waals surface area contributed by atoms with Crippen LogP contribution in [0.25, 0.3) is 0 Å². The van der Waals surface area contributed by atoms with Crippen molar-refractivity contribution in [3.8, 4) is 0 Å². The summed E-state index contributed by atoms with van der Waals surface area (Å²) in [5.74, 6) is 0.448. The van der Waals surface area contributed by atoms with Crippen molar-refractivity contribution in [2.75, 3.05) is 6.54 Å².